The first-order valence-corrected chi connectivity index (χ1v) is 14.9. The molecule has 0 fully saturated rings. The van der Waals surface area contributed by atoms with Gasteiger partial charge in [-0.05, 0) is 91.1 Å². The molecular formula is C37H33N3O6. The molecule has 5 aromatic rings. The lowest BCUT2D eigenvalue weighted by Gasteiger charge is -2.12. The topological polar surface area (TPSA) is 116 Å². The summed E-state index contributed by atoms with van der Waals surface area (Å²) in [5, 5.41) is 6.97. The summed E-state index contributed by atoms with van der Waals surface area (Å²) < 4.78 is 16.6. The first-order valence-electron chi connectivity index (χ1n) is 14.9. The molecule has 232 valence electrons. The number of unbranched alkanes of at least 4 members (excludes halogenated alkanes) is 3. The Kier molecular flexibility index (Phi) is 10.8. The summed E-state index contributed by atoms with van der Waals surface area (Å²) in [4.78, 5) is 40.2. The first kappa shape index (κ1) is 31.6. The molecule has 0 aliphatic carbocycles. The Morgan fingerprint density at radius 3 is 2.43 bits per heavy atom. The summed E-state index contributed by atoms with van der Waals surface area (Å²) in [5.74, 6) is 0.582. The maximum absolute atomic E-state index is 13.2. The van der Waals surface area contributed by atoms with Crippen molar-refractivity contribution < 1.29 is 28.6 Å². The van der Waals surface area contributed by atoms with Crippen LogP contribution in [0, 0.1) is 0 Å². The number of para-hydroxylation sites is 1. The van der Waals surface area contributed by atoms with E-state index < -0.39 is 11.9 Å². The van der Waals surface area contributed by atoms with Gasteiger partial charge in [-0.1, -0.05) is 43.0 Å². The summed E-state index contributed by atoms with van der Waals surface area (Å²) >= 11 is 0. The highest BCUT2D eigenvalue weighted by Gasteiger charge is 2.14. The summed E-state index contributed by atoms with van der Waals surface area (Å²) in [5.41, 5.74) is 5.25. The fourth-order valence-electron chi connectivity index (χ4n) is 4.76. The Morgan fingerprint density at radius 1 is 0.848 bits per heavy atom. The molecule has 0 spiro atoms. The highest BCUT2D eigenvalue weighted by Crippen LogP contribution is 2.29. The van der Waals surface area contributed by atoms with Crippen molar-refractivity contribution in [2.24, 2.45) is 5.10 Å². The van der Waals surface area contributed by atoms with E-state index in [0.717, 1.165) is 59.7 Å². The van der Waals surface area contributed by atoms with Crippen molar-refractivity contribution in [2.75, 3.05) is 18.6 Å². The fraction of sp³-hybridized carbons (Fsp3) is 0.162. The monoisotopic (exact) mass is 615 g/mol. The molecular weight excluding hydrogens is 582 g/mol. The van der Waals surface area contributed by atoms with Gasteiger partial charge in [0.1, 0.15) is 23.6 Å². The van der Waals surface area contributed by atoms with Gasteiger partial charge in [0.05, 0.1) is 30.5 Å². The molecule has 0 amide bonds. The molecule has 1 N–H and O–H groups in total. The lowest BCUT2D eigenvalue weighted by atomic mass is 10.0. The highest BCUT2D eigenvalue weighted by atomic mass is 16.5. The third-order valence-electron chi connectivity index (χ3n) is 7.16. The lowest BCUT2D eigenvalue weighted by molar-refractivity contribution is -0.137. The second-order valence-electron chi connectivity index (χ2n) is 10.4. The molecule has 1 aromatic heterocycles. The second kappa shape index (κ2) is 15.8. The molecule has 0 saturated heterocycles. The number of hydrogen-bond donors (Lipinski definition) is 1. The maximum atomic E-state index is 13.2. The molecule has 0 atom stereocenters. The number of aromatic nitrogens is 1. The lowest BCUT2D eigenvalue weighted by Crippen LogP contribution is -2.10. The van der Waals surface area contributed by atoms with E-state index in [1.807, 2.05) is 36.4 Å². The first-order chi connectivity index (χ1) is 22.5. The van der Waals surface area contributed by atoms with Gasteiger partial charge in [-0.25, -0.2) is 14.6 Å². The number of nitrogens with zero attached hydrogens (tertiary/aromatic N) is 2. The Balaban J connectivity index is 1.22. The van der Waals surface area contributed by atoms with E-state index in [9.17, 15) is 14.4 Å². The average Bonchev–Trinajstić information content (AvgIpc) is 3.09. The SMILES string of the molecule is C=CC(=O)OCCCCCCOc1ccc(C(=O)Oc2ccc3cc(C=O)ccc3c2/C=N/Nc2ccc3ccccc3n2)cc1. The van der Waals surface area contributed by atoms with E-state index in [1.165, 1.54) is 0 Å². The fourth-order valence-corrected chi connectivity index (χ4v) is 4.76. The molecule has 0 saturated carbocycles. The van der Waals surface area contributed by atoms with Crippen molar-refractivity contribution in [3.05, 3.63) is 120 Å². The number of pyridine rings is 1. The number of carbonyl (C=O) groups excluding carboxylic acids is 3. The van der Waals surface area contributed by atoms with Crippen LogP contribution in [0.25, 0.3) is 21.7 Å². The van der Waals surface area contributed by atoms with Crippen LogP contribution >= 0.6 is 0 Å². The number of ether oxygens (including phenoxy) is 3. The van der Waals surface area contributed by atoms with E-state index >= 15 is 0 Å². The van der Waals surface area contributed by atoms with Gasteiger partial charge in [-0.15, -0.1) is 0 Å². The number of hydrogen-bond acceptors (Lipinski definition) is 9. The number of aldehydes is 1. The number of hydrazone groups is 1. The van der Waals surface area contributed by atoms with Crippen LogP contribution in [0.15, 0.2) is 109 Å². The van der Waals surface area contributed by atoms with Gasteiger partial charge in [-0.3, -0.25) is 10.2 Å². The van der Waals surface area contributed by atoms with Crippen LogP contribution in [0.5, 0.6) is 11.5 Å². The van der Waals surface area contributed by atoms with Crippen molar-refractivity contribution in [3.63, 3.8) is 0 Å². The minimum Gasteiger partial charge on any atom is -0.494 e. The maximum Gasteiger partial charge on any atom is 0.343 e. The molecule has 0 radical (unpaired) electrons. The number of esters is 2. The zero-order valence-electron chi connectivity index (χ0n) is 25.2. The largest absolute Gasteiger partial charge is 0.494 e. The van der Waals surface area contributed by atoms with Crippen molar-refractivity contribution in [1.82, 2.24) is 4.98 Å². The molecule has 0 aliphatic rings. The number of anilines is 1. The average molecular weight is 616 g/mol. The molecule has 5 rings (SSSR count). The zero-order valence-corrected chi connectivity index (χ0v) is 25.2. The van der Waals surface area contributed by atoms with Gasteiger partial charge in [-0.2, -0.15) is 5.10 Å². The van der Waals surface area contributed by atoms with Crippen LogP contribution in [0.4, 0.5) is 5.82 Å². The normalized spacial score (nSPS) is 11.0. The predicted molar refractivity (Wildman–Crippen MR) is 179 cm³/mol. The number of nitrogens with one attached hydrogen (secondary N) is 1. The van der Waals surface area contributed by atoms with E-state index in [4.69, 9.17) is 14.2 Å². The van der Waals surface area contributed by atoms with Crippen molar-refractivity contribution in [2.45, 2.75) is 25.7 Å². The van der Waals surface area contributed by atoms with Gasteiger partial charge in [0.15, 0.2) is 0 Å². The summed E-state index contributed by atoms with van der Waals surface area (Å²) in [6.45, 7) is 4.29. The van der Waals surface area contributed by atoms with Crippen molar-refractivity contribution >= 4 is 51.9 Å². The molecule has 0 unspecified atom stereocenters. The minimum absolute atomic E-state index is 0.313. The van der Waals surface area contributed by atoms with Crippen molar-refractivity contribution in [3.8, 4) is 11.5 Å². The van der Waals surface area contributed by atoms with Crippen molar-refractivity contribution in [1.29, 1.82) is 0 Å². The van der Waals surface area contributed by atoms with Crippen LogP contribution in [0.2, 0.25) is 0 Å². The van der Waals surface area contributed by atoms with E-state index in [-0.39, 0.29) is 0 Å². The van der Waals surface area contributed by atoms with E-state index in [2.05, 4.69) is 22.1 Å². The van der Waals surface area contributed by atoms with Gasteiger partial charge >= 0.3 is 11.9 Å². The Bertz CT molecular complexity index is 1880. The number of benzene rings is 4. The third kappa shape index (κ3) is 8.41. The smallest absolute Gasteiger partial charge is 0.343 e. The van der Waals surface area contributed by atoms with E-state index in [0.29, 0.717) is 47.2 Å². The summed E-state index contributed by atoms with van der Waals surface area (Å²) in [6.07, 6.45) is 7.03. The zero-order chi connectivity index (χ0) is 32.1. The molecule has 46 heavy (non-hydrogen) atoms. The highest BCUT2D eigenvalue weighted by molar-refractivity contribution is 6.05. The molecule has 9 heteroatoms. The molecule has 9 nitrogen and oxygen atoms in total. The van der Waals surface area contributed by atoms with Crippen LogP contribution < -0.4 is 14.9 Å². The Hall–Kier alpha value is -5.83. The van der Waals surface area contributed by atoms with Crippen LogP contribution in [-0.4, -0.2) is 42.6 Å². The molecule has 1 heterocycles. The molecule has 4 aromatic carbocycles. The molecule has 0 aliphatic heterocycles. The Labute approximate surface area is 266 Å². The van der Waals surface area contributed by atoms with Crippen LogP contribution in [-0.2, 0) is 9.53 Å². The van der Waals surface area contributed by atoms with Gasteiger partial charge in [0.25, 0.3) is 0 Å². The number of fused-ring (bicyclic) bond motifs is 2. The Morgan fingerprint density at radius 2 is 1.63 bits per heavy atom. The standard InChI is InChI=1S/C37H33N3O6/c1-2-36(42)45-22-8-4-3-7-21-44-30-16-12-28(13-17-30)37(43)46-34-19-14-29-23-26(25-41)11-18-31(29)32(34)24-38-40-35-20-15-27-9-5-6-10-33(27)39-35/h2,5-6,9-20,23-25H,1,3-4,7-8,21-22H2,(H,39,40)/b38-24+. The minimum atomic E-state index is -0.536. The van der Waals surface area contributed by atoms with Gasteiger partial charge < -0.3 is 14.2 Å². The summed E-state index contributed by atoms with van der Waals surface area (Å²) in [6, 6.07) is 27.1. The van der Waals surface area contributed by atoms with Gasteiger partial charge in [0.2, 0.25) is 0 Å². The quantitative estimate of drug-likeness (QED) is 0.0244. The molecule has 0 bridgehead atoms. The number of carbonyl (C=O) groups is 3. The van der Waals surface area contributed by atoms with Crippen LogP contribution in [0.3, 0.4) is 0 Å². The number of rotatable bonds is 15. The second-order valence-corrected chi connectivity index (χ2v) is 10.4. The van der Waals surface area contributed by atoms with E-state index in [1.54, 1.807) is 60.8 Å². The summed E-state index contributed by atoms with van der Waals surface area (Å²) in [7, 11) is 0. The van der Waals surface area contributed by atoms with Gasteiger partial charge in [0, 0.05) is 22.6 Å². The third-order valence-corrected chi connectivity index (χ3v) is 7.16. The predicted octanol–water partition coefficient (Wildman–Crippen LogP) is 7.53. The van der Waals surface area contributed by atoms with Crippen LogP contribution in [0.1, 0.15) is 52.0 Å².